The number of hydrogen-bond acceptors (Lipinski definition) is 0. The van der Waals surface area contributed by atoms with Crippen LogP contribution in [0.5, 0.6) is 0 Å². The molecule has 0 aromatic rings. The molecule has 0 heteroatoms. The van der Waals surface area contributed by atoms with E-state index in [1.165, 1.54) is 61.7 Å². The first-order valence-electron chi connectivity index (χ1n) is 6.98. The molecule has 0 rings (SSSR count). The zero-order valence-corrected chi connectivity index (χ0v) is 12.3. The molecule has 0 aromatic heterocycles. The summed E-state index contributed by atoms with van der Waals surface area (Å²) in [5.41, 5.74) is 4.09. The summed E-state index contributed by atoms with van der Waals surface area (Å²) in [6.07, 6.45) is 13.9. The number of hydrogen-bond donors (Lipinski definition) is 0. The molecule has 17 heavy (non-hydrogen) atoms. The second-order valence-electron chi connectivity index (χ2n) is 5.42. The van der Waals surface area contributed by atoms with Crippen molar-refractivity contribution in [1.29, 1.82) is 0 Å². The average Bonchev–Trinajstić information content (AvgIpc) is 2.20. The molecule has 0 amide bonds. The van der Waals surface area contributed by atoms with E-state index in [4.69, 9.17) is 0 Å². The second kappa shape index (κ2) is 10.4. The van der Waals surface area contributed by atoms with Gasteiger partial charge in [0.25, 0.3) is 0 Å². The summed E-state index contributed by atoms with van der Waals surface area (Å²) < 4.78 is 0. The van der Waals surface area contributed by atoms with Crippen LogP contribution in [0.25, 0.3) is 0 Å². The van der Waals surface area contributed by atoms with E-state index >= 15 is 0 Å². The van der Waals surface area contributed by atoms with Crippen molar-refractivity contribution in [3.05, 3.63) is 35.5 Å². The van der Waals surface area contributed by atoms with Gasteiger partial charge in [0.2, 0.25) is 0 Å². The average molecular weight is 234 g/mol. The molecule has 0 aromatic carbocycles. The summed E-state index contributed by atoms with van der Waals surface area (Å²) in [4.78, 5) is 0. The largest absolute Gasteiger partial charge is 0.0961 e. The van der Waals surface area contributed by atoms with Crippen LogP contribution < -0.4 is 0 Å². The molecule has 0 radical (unpaired) electrons. The lowest BCUT2D eigenvalue weighted by Gasteiger charge is -2.02. The third kappa shape index (κ3) is 13.2. The van der Waals surface area contributed by atoms with Gasteiger partial charge in [0.1, 0.15) is 0 Å². The molecule has 0 atom stereocenters. The molecule has 0 unspecified atom stereocenters. The minimum atomic E-state index is 1.17. The van der Waals surface area contributed by atoms with E-state index in [1.54, 1.807) is 0 Å². The summed E-state index contributed by atoms with van der Waals surface area (Å²) in [6, 6.07) is 0. The Labute approximate surface area is 109 Å². The Morgan fingerprint density at radius 1 is 0.882 bits per heavy atom. The first-order chi connectivity index (χ1) is 8.02. The normalized spacial score (nSPS) is 11.4. The molecule has 0 nitrogen and oxygen atoms in total. The highest BCUT2D eigenvalue weighted by molar-refractivity contribution is 5.16. The molecule has 0 heterocycles. The van der Waals surface area contributed by atoms with Gasteiger partial charge in [-0.2, -0.15) is 0 Å². The van der Waals surface area contributed by atoms with Crippen LogP contribution in [0.4, 0.5) is 0 Å². The van der Waals surface area contributed by atoms with E-state index in [0.29, 0.717) is 0 Å². The van der Waals surface area contributed by atoms with E-state index in [-0.39, 0.29) is 0 Å². The van der Waals surface area contributed by atoms with Crippen LogP contribution in [0.1, 0.15) is 72.6 Å². The van der Waals surface area contributed by atoms with E-state index < -0.39 is 0 Å². The van der Waals surface area contributed by atoms with Crippen LogP contribution in [0.15, 0.2) is 35.5 Å². The van der Waals surface area contributed by atoms with Gasteiger partial charge >= 0.3 is 0 Å². The highest BCUT2D eigenvalue weighted by atomic mass is 14.0. The minimum Gasteiger partial charge on any atom is -0.0961 e. The minimum absolute atomic E-state index is 1.17. The molecule has 0 saturated heterocycles. The molecule has 98 valence electrons. The van der Waals surface area contributed by atoms with Gasteiger partial charge in [-0.05, 0) is 53.4 Å². The van der Waals surface area contributed by atoms with Gasteiger partial charge in [-0.25, -0.2) is 0 Å². The number of rotatable bonds is 9. The standard InChI is InChI=1S/C17H30/c1-15(2)12-10-8-6-7-9-11-13-17(5)14-16(3)4/h12,14H,3,6-11,13H2,1-2,4-5H3. The van der Waals surface area contributed by atoms with Crippen LogP contribution in [-0.4, -0.2) is 0 Å². The molecule has 0 N–H and O–H groups in total. The van der Waals surface area contributed by atoms with Crippen LogP contribution >= 0.6 is 0 Å². The highest BCUT2D eigenvalue weighted by Gasteiger charge is 1.93. The van der Waals surface area contributed by atoms with E-state index in [9.17, 15) is 0 Å². The monoisotopic (exact) mass is 234 g/mol. The van der Waals surface area contributed by atoms with Crippen molar-refractivity contribution in [1.82, 2.24) is 0 Å². The fourth-order valence-electron chi connectivity index (χ4n) is 1.96. The second-order valence-corrected chi connectivity index (χ2v) is 5.42. The molecule has 0 aliphatic carbocycles. The summed E-state index contributed by atoms with van der Waals surface area (Å²) in [5.74, 6) is 0. The molecule has 0 bridgehead atoms. The van der Waals surface area contributed by atoms with Gasteiger partial charge in [0, 0.05) is 0 Å². The fourth-order valence-corrected chi connectivity index (χ4v) is 1.96. The van der Waals surface area contributed by atoms with E-state index in [1.807, 2.05) is 0 Å². The van der Waals surface area contributed by atoms with Gasteiger partial charge in [-0.1, -0.05) is 54.7 Å². The quantitative estimate of drug-likeness (QED) is 0.253. The smallest absolute Gasteiger partial charge is 0.0320 e. The zero-order valence-electron chi connectivity index (χ0n) is 12.3. The van der Waals surface area contributed by atoms with Crippen molar-refractivity contribution >= 4 is 0 Å². The Morgan fingerprint density at radius 2 is 1.47 bits per heavy atom. The van der Waals surface area contributed by atoms with Crippen LogP contribution in [-0.2, 0) is 0 Å². The van der Waals surface area contributed by atoms with Crippen molar-refractivity contribution in [2.24, 2.45) is 0 Å². The first kappa shape index (κ1) is 16.2. The van der Waals surface area contributed by atoms with Gasteiger partial charge in [0.05, 0.1) is 0 Å². The van der Waals surface area contributed by atoms with Crippen molar-refractivity contribution in [2.45, 2.75) is 72.6 Å². The molecular weight excluding hydrogens is 204 g/mol. The predicted octanol–water partition coefficient (Wildman–Crippen LogP) is 6.21. The lowest BCUT2D eigenvalue weighted by Crippen LogP contribution is -1.82. The Hall–Kier alpha value is -0.780. The molecule has 0 saturated carbocycles. The molecule has 0 aliphatic heterocycles. The van der Waals surface area contributed by atoms with Crippen molar-refractivity contribution in [3.8, 4) is 0 Å². The Kier molecular flexibility index (Phi) is 9.90. The lowest BCUT2D eigenvalue weighted by molar-refractivity contribution is 0.615. The molecular formula is C17H30. The van der Waals surface area contributed by atoms with Crippen molar-refractivity contribution in [2.75, 3.05) is 0 Å². The van der Waals surface area contributed by atoms with Crippen molar-refractivity contribution in [3.63, 3.8) is 0 Å². The van der Waals surface area contributed by atoms with Gasteiger partial charge in [-0.3, -0.25) is 0 Å². The highest BCUT2D eigenvalue weighted by Crippen LogP contribution is 2.13. The van der Waals surface area contributed by atoms with Gasteiger partial charge in [-0.15, -0.1) is 0 Å². The van der Waals surface area contributed by atoms with Crippen molar-refractivity contribution < 1.29 is 0 Å². The van der Waals surface area contributed by atoms with Gasteiger partial charge < -0.3 is 0 Å². The number of allylic oxidation sites excluding steroid dienone is 5. The van der Waals surface area contributed by atoms with Gasteiger partial charge in [0.15, 0.2) is 0 Å². The maximum atomic E-state index is 3.91. The Morgan fingerprint density at radius 3 is 2.06 bits per heavy atom. The molecule has 0 spiro atoms. The lowest BCUT2D eigenvalue weighted by atomic mass is 10.0. The summed E-state index contributed by atoms with van der Waals surface area (Å²) >= 11 is 0. The zero-order chi connectivity index (χ0) is 13.1. The third-order valence-electron chi connectivity index (χ3n) is 2.82. The Bertz CT molecular complexity index is 262. The summed E-state index contributed by atoms with van der Waals surface area (Å²) in [7, 11) is 0. The van der Waals surface area contributed by atoms with Crippen LogP contribution in [0, 0.1) is 0 Å². The topological polar surface area (TPSA) is 0 Å². The maximum absolute atomic E-state index is 3.91. The molecule has 0 aliphatic rings. The summed E-state index contributed by atoms with van der Waals surface area (Å²) in [5, 5.41) is 0. The molecule has 0 fully saturated rings. The fraction of sp³-hybridized carbons (Fsp3) is 0.647. The maximum Gasteiger partial charge on any atom is -0.0320 e. The Balaban J connectivity index is 3.35. The summed E-state index contributed by atoms with van der Waals surface area (Å²) in [6.45, 7) is 12.5. The van der Waals surface area contributed by atoms with E-state index in [2.05, 4.69) is 46.4 Å². The van der Waals surface area contributed by atoms with E-state index in [0.717, 1.165) is 0 Å². The SMILES string of the molecule is C=C(C)C=C(C)CCCCCCCC=C(C)C. The number of unbranched alkanes of at least 4 members (excludes halogenated alkanes) is 5. The third-order valence-corrected chi connectivity index (χ3v) is 2.82. The predicted molar refractivity (Wildman–Crippen MR) is 80.3 cm³/mol. The van der Waals surface area contributed by atoms with Crippen LogP contribution in [0.3, 0.4) is 0 Å². The first-order valence-corrected chi connectivity index (χ1v) is 6.98. The van der Waals surface area contributed by atoms with Crippen LogP contribution in [0.2, 0.25) is 0 Å².